The molecular formula is C16H21N3O2. The van der Waals surface area contributed by atoms with Crippen LogP contribution in [0.5, 0.6) is 0 Å². The first-order chi connectivity index (χ1) is 10.3. The molecule has 0 spiro atoms. The molecule has 1 saturated heterocycles. The van der Waals surface area contributed by atoms with Crippen molar-refractivity contribution in [3.05, 3.63) is 23.9 Å². The predicted octanol–water partition coefficient (Wildman–Crippen LogP) is 1.40. The molecule has 2 rings (SSSR count). The maximum atomic E-state index is 12.0. The molecular weight excluding hydrogens is 266 g/mol. The van der Waals surface area contributed by atoms with Crippen molar-refractivity contribution in [2.75, 3.05) is 44.2 Å². The van der Waals surface area contributed by atoms with Crippen molar-refractivity contribution in [2.45, 2.75) is 13.3 Å². The van der Waals surface area contributed by atoms with Gasteiger partial charge in [0.2, 0.25) is 0 Å². The number of ether oxygens (including phenoxy) is 1. The second kappa shape index (κ2) is 7.65. The molecule has 112 valence electrons. The van der Waals surface area contributed by atoms with Crippen molar-refractivity contribution in [3.63, 3.8) is 0 Å². The zero-order chi connectivity index (χ0) is 15.1. The molecule has 21 heavy (non-hydrogen) atoms. The summed E-state index contributed by atoms with van der Waals surface area (Å²) < 4.78 is 5.10. The van der Waals surface area contributed by atoms with Crippen LogP contribution in [0.2, 0.25) is 0 Å². The monoisotopic (exact) mass is 287 g/mol. The molecule has 0 N–H and O–H groups in total. The summed E-state index contributed by atoms with van der Waals surface area (Å²) >= 11 is 0. The number of anilines is 1. The van der Waals surface area contributed by atoms with Crippen LogP contribution in [0.1, 0.15) is 23.7 Å². The molecule has 0 saturated carbocycles. The molecule has 0 aromatic carbocycles. The van der Waals surface area contributed by atoms with Crippen molar-refractivity contribution in [1.29, 1.82) is 0 Å². The van der Waals surface area contributed by atoms with E-state index in [1.807, 2.05) is 0 Å². The molecule has 0 radical (unpaired) electrons. The second-order valence-corrected chi connectivity index (χ2v) is 4.88. The minimum atomic E-state index is -0.310. The Labute approximate surface area is 125 Å². The Morgan fingerprint density at radius 1 is 1.43 bits per heavy atom. The molecule has 1 aliphatic heterocycles. The van der Waals surface area contributed by atoms with Gasteiger partial charge in [-0.15, -0.1) is 12.3 Å². The SMILES string of the molecule is C#CCCN1CCN(c2ncccc2C(=O)OCC)CC1. The van der Waals surface area contributed by atoms with Gasteiger partial charge in [0.1, 0.15) is 11.4 Å². The Morgan fingerprint density at radius 3 is 2.86 bits per heavy atom. The number of aromatic nitrogens is 1. The molecule has 2 heterocycles. The Hall–Kier alpha value is -2.06. The molecule has 1 aromatic heterocycles. The van der Waals surface area contributed by atoms with Gasteiger partial charge in [-0.2, -0.15) is 0 Å². The van der Waals surface area contributed by atoms with Crippen LogP contribution in [-0.2, 0) is 4.74 Å². The number of esters is 1. The zero-order valence-electron chi connectivity index (χ0n) is 12.4. The summed E-state index contributed by atoms with van der Waals surface area (Å²) in [5.41, 5.74) is 0.538. The molecule has 1 fully saturated rings. The number of piperazine rings is 1. The lowest BCUT2D eigenvalue weighted by molar-refractivity contribution is 0.0526. The van der Waals surface area contributed by atoms with Crippen LogP contribution in [0, 0.1) is 12.3 Å². The fraction of sp³-hybridized carbons (Fsp3) is 0.500. The highest BCUT2D eigenvalue weighted by Crippen LogP contribution is 2.20. The molecule has 5 nitrogen and oxygen atoms in total. The average molecular weight is 287 g/mol. The van der Waals surface area contributed by atoms with Crippen molar-refractivity contribution in [2.24, 2.45) is 0 Å². The largest absolute Gasteiger partial charge is 0.462 e. The van der Waals surface area contributed by atoms with Crippen molar-refractivity contribution in [3.8, 4) is 12.3 Å². The Kier molecular flexibility index (Phi) is 5.59. The lowest BCUT2D eigenvalue weighted by atomic mass is 10.2. The normalized spacial score (nSPS) is 15.5. The van der Waals surface area contributed by atoms with Gasteiger partial charge in [0, 0.05) is 45.3 Å². The summed E-state index contributed by atoms with van der Waals surface area (Å²) in [6, 6.07) is 3.53. The third-order valence-corrected chi connectivity index (χ3v) is 3.53. The number of pyridine rings is 1. The highest BCUT2D eigenvalue weighted by atomic mass is 16.5. The molecule has 1 aliphatic rings. The average Bonchev–Trinajstić information content (AvgIpc) is 2.53. The number of nitrogens with zero attached hydrogens (tertiary/aromatic N) is 3. The minimum Gasteiger partial charge on any atom is -0.462 e. The van der Waals surface area contributed by atoms with Gasteiger partial charge in [-0.1, -0.05) is 0 Å². The zero-order valence-corrected chi connectivity index (χ0v) is 12.4. The third-order valence-electron chi connectivity index (χ3n) is 3.53. The summed E-state index contributed by atoms with van der Waals surface area (Å²) in [6.45, 7) is 6.64. The predicted molar refractivity (Wildman–Crippen MR) is 82.3 cm³/mol. The van der Waals surface area contributed by atoms with Gasteiger partial charge in [0.05, 0.1) is 6.61 Å². The smallest absolute Gasteiger partial charge is 0.341 e. The van der Waals surface area contributed by atoms with E-state index in [-0.39, 0.29) is 5.97 Å². The Morgan fingerprint density at radius 2 is 2.19 bits per heavy atom. The van der Waals surface area contributed by atoms with Gasteiger partial charge in [-0.3, -0.25) is 4.90 Å². The highest BCUT2D eigenvalue weighted by molar-refractivity contribution is 5.94. The number of hydrogen-bond donors (Lipinski definition) is 0. The van der Waals surface area contributed by atoms with Crippen LogP contribution in [0.4, 0.5) is 5.82 Å². The van der Waals surface area contributed by atoms with Crippen molar-refractivity contribution >= 4 is 11.8 Å². The summed E-state index contributed by atoms with van der Waals surface area (Å²) in [5, 5.41) is 0. The van der Waals surface area contributed by atoms with E-state index in [2.05, 4.69) is 20.7 Å². The van der Waals surface area contributed by atoms with Crippen LogP contribution >= 0.6 is 0 Å². The van der Waals surface area contributed by atoms with E-state index in [9.17, 15) is 4.79 Å². The molecule has 0 atom stereocenters. The molecule has 0 amide bonds. The summed E-state index contributed by atoms with van der Waals surface area (Å²) in [5.74, 6) is 3.07. The molecule has 5 heteroatoms. The molecule has 0 unspecified atom stereocenters. The van der Waals surface area contributed by atoms with Gasteiger partial charge >= 0.3 is 5.97 Å². The topological polar surface area (TPSA) is 45.7 Å². The number of carbonyl (C=O) groups is 1. The van der Waals surface area contributed by atoms with E-state index in [1.54, 1.807) is 25.3 Å². The minimum absolute atomic E-state index is 0.310. The lowest BCUT2D eigenvalue weighted by Crippen LogP contribution is -2.47. The van der Waals surface area contributed by atoms with Crippen molar-refractivity contribution in [1.82, 2.24) is 9.88 Å². The second-order valence-electron chi connectivity index (χ2n) is 4.88. The molecule has 1 aromatic rings. The van der Waals surface area contributed by atoms with Crippen LogP contribution in [0.3, 0.4) is 0 Å². The van der Waals surface area contributed by atoms with Gasteiger partial charge in [0.15, 0.2) is 0 Å². The summed E-state index contributed by atoms with van der Waals surface area (Å²) in [4.78, 5) is 20.8. The fourth-order valence-electron chi connectivity index (χ4n) is 2.42. The van der Waals surface area contributed by atoms with Crippen LogP contribution in [-0.4, -0.2) is 55.2 Å². The maximum absolute atomic E-state index is 12.0. The van der Waals surface area contributed by atoms with Crippen molar-refractivity contribution < 1.29 is 9.53 Å². The first-order valence-corrected chi connectivity index (χ1v) is 7.29. The van der Waals surface area contributed by atoms with Gasteiger partial charge in [-0.25, -0.2) is 9.78 Å². The van der Waals surface area contributed by atoms with E-state index in [1.165, 1.54) is 0 Å². The number of rotatable bonds is 5. The maximum Gasteiger partial charge on any atom is 0.341 e. The Bertz CT molecular complexity index is 516. The van der Waals surface area contributed by atoms with E-state index in [0.29, 0.717) is 18.0 Å². The first-order valence-electron chi connectivity index (χ1n) is 7.29. The van der Waals surface area contributed by atoms with Gasteiger partial charge < -0.3 is 9.64 Å². The Balaban J connectivity index is 2.03. The van der Waals surface area contributed by atoms with Gasteiger partial charge in [-0.05, 0) is 19.1 Å². The quantitative estimate of drug-likeness (QED) is 0.605. The number of hydrogen-bond acceptors (Lipinski definition) is 5. The van der Waals surface area contributed by atoms with Gasteiger partial charge in [0.25, 0.3) is 0 Å². The number of terminal acetylenes is 1. The van der Waals surface area contributed by atoms with E-state index < -0.39 is 0 Å². The lowest BCUT2D eigenvalue weighted by Gasteiger charge is -2.35. The van der Waals surface area contributed by atoms with Crippen LogP contribution < -0.4 is 4.90 Å². The van der Waals surface area contributed by atoms with Crippen LogP contribution in [0.25, 0.3) is 0 Å². The first kappa shape index (κ1) is 15.3. The van der Waals surface area contributed by atoms with E-state index in [0.717, 1.165) is 39.1 Å². The number of carbonyl (C=O) groups excluding carboxylic acids is 1. The summed E-state index contributed by atoms with van der Waals surface area (Å²) in [7, 11) is 0. The standard InChI is InChI=1S/C16H21N3O2/c1-3-5-9-18-10-12-19(13-11-18)15-14(7-6-8-17-15)16(20)21-4-2/h1,6-8H,4-5,9-13H2,2H3. The molecule has 0 bridgehead atoms. The van der Waals surface area contributed by atoms with E-state index in [4.69, 9.17) is 11.2 Å². The highest BCUT2D eigenvalue weighted by Gasteiger charge is 2.22. The van der Waals surface area contributed by atoms with Crippen LogP contribution in [0.15, 0.2) is 18.3 Å². The van der Waals surface area contributed by atoms with E-state index >= 15 is 0 Å². The third kappa shape index (κ3) is 3.96. The fourth-order valence-corrected chi connectivity index (χ4v) is 2.42. The summed E-state index contributed by atoms with van der Waals surface area (Å²) in [6.07, 6.45) is 7.78. The molecule has 0 aliphatic carbocycles.